The molecule has 2 rings (SSSR count). The number of benzene rings is 2. The second-order valence-electron chi connectivity index (χ2n) is 4.94. The topological polar surface area (TPSA) is 21.3 Å². The summed E-state index contributed by atoms with van der Waals surface area (Å²) in [5.41, 5.74) is 4.80. The number of nitrogens with one attached hydrogen (secondary N) is 1. The van der Waals surface area contributed by atoms with Crippen molar-refractivity contribution in [2.75, 3.05) is 18.5 Å². The van der Waals surface area contributed by atoms with Crippen LogP contribution in [0.4, 0.5) is 5.69 Å². The third-order valence-corrected chi connectivity index (χ3v) is 3.92. The molecule has 0 spiro atoms. The van der Waals surface area contributed by atoms with Crippen LogP contribution in [0, 0.1) is 20.8 Å². The summed E-state index contributed by atoms with van der Waals surface area (Å²) in [5.74, 6) is 1.02. The van der Waals surface area contributed by atoms with Crippen molar-refractivity contribution in [3.05, 3.63) is 57.6 Å². The Labute approximate surface area is 129 Å². The van der Waals surface area contributed by atoms with E-state index in [0.717, 1.165) is 22.5 Å². The van der Waals surface area contributed by atoms with Crippen LogP contribution >= 0.6 is 15.9 Å². The zero-order valence-corrected chi connectivity index (χ0v) is 13.8. The van der Waals surface area contributed by atoms with Gasteiger partial charge in [0.2, 0.25) is 0 Å². The Morgan fingerprint density at radius 1 is 0.950 bits per heavy atom. The lowest BCUT2D eigenvalue weighted by atomic mass is 10.1. The SMILES string of the molecule is Cc1ccc(C)c(OCCNc2ccc(Br)cc2)c1C. The van der Waals surface area contributed by atoms with Crippen molar-refractivity contribution < 1.29 is 4.74 Å². The predicted molar refractivity (Wildman–Crippen MR) is 88.8 cm³/mol. The summed E-state index contributed by atoms with van der Waals surface area (Å²) in [5, 5.41) is 3.35. The monoisotopic (exact) mass is 333 g/mol. The maximum Gasteiger partial charge on any atom is 0.125 e. The zero-order valence-electron chi connectivity index (χ0n) is 12.2. The van der Waals surface area contributed by atoms with Crippen LogP contribution in [0.1, 0.15) is 16.7 Å². The molecule has 0 saturated heterocycles. The number of anilines is 1. The fourth-order valence-electron chi connectivity index (χ4n) is 2.06. The summed E-state index contributed by atoms with van der Waals surface area (Å²) < 4.78 is 7.01. The Kier molecular flexibility index (Phi) is 5.07. The van der Waals surface area contributed by atoms with Gasteiger partial charge in [-0.2, -0.15) is 0 Å². The first-order valence-corrected chi connectivity index (χ1v) is 7.56. The smallest absolute Gasteiger partial charge is 0.125 e. The highest BCUT2D eigenvalue weighted by Crippen LogP contribution is 2.25. The van der Waals surface area contributed by atoms with E-state index in [9.17, 15) is 0 Å². The highest BCUT2D eigenvalue weighted by Gasteiger charge is 2.05. The minimum atomic E-state index is 0.654. The van der Waals surface area contributed by atoms with Gasteiger partial charge in [-0.05, 0) is 61.7 Å². The molecule has 1 N–H and O–H groups in total. The molecule has 0 atom stereocenters. The quantitative estimate of drug-likeness (QED) is 0.788. The van der Waals surface area contributed by atoms with Crippen molar-refractivity contribution in [1.82, 2.24) is 0 Å². The molecular formula is C17H20BrNO. The van der Waals surface area contributed by atoms with Crippen molar-refractivity contribution in [1.29, 1.82) is 0 Å². The normalized spacial score (nSPS) is 10.4. The van der Waals surface area contributed by atoms with E-state index >= 15 is 0 Å². The molecule has 3 heteroatoms. The minimum absolute atomic E-state index is 0.654. The Balaban J connectivity index is 1.87. The molecule has 0 amide bonds. The van der Waals surface area contributed by atoms with Crippen LogP contribution in [0.25, 0.3) is 0 Å². The molecule has 0 aliphatic rings. The van der Waals surface area contributed by atoms with Crippen LogP contribution in [0.5, 0.6) is 5.75 Å². The van der Waals surface area contributed by atoms with Gasteiger partial charge in [0.05, 0.1) is 0 Å². The fourth-order valence-corrected chi connectivity index (χ4v) is 2.33. The largest absolute Gasteiger partial charge is 0.491 e. The fraction of sp³-hybridized carbons (Fsp3) is 0.294. The summed E-state index contributed by atoms with van der Waals surface area (Å²) in [6, 6.07) is 12.4. The minimum Gasteiger partial charge on any atom is -0.491 e. The van der Waals surface area contributed by atoms with Crippen LogP contribution in [0.2, 0.25) is 0 Å². The Bertz CT molecular complexity index is 578. The van der Waals surface area contributed by atoms with E-state index in [1.165, 1.54) is 16.7 Å². The van der Waals surface area contributed by atoms with Gasteiger partial charge < -0.3 is 10.1 Å². The molecular weight excluding hydrogens is 314 g/mol. The van der Waals surface area contributed by atoms with E-state index in [1.54, 1.807) is 0 Å². The molecule has 0 fully saturated rings. The molecule has 2 aromatic carbocycles. The summed E-state index contributed by atoms with van der Waals surface area (Å²) in [6.45, 7) is 7.75. The van der Waals surface area contributed by atoms with Crippen LogP contribution in [0.3, 0.4) is 0 Å². The molecule has 0 aliphatic carbocycles. The van der Waals surface area contributed by atoms with E-state index in [0.29, 0.717) is 6.61 Å². The average Bonchev–Trinajstić information content (AvgIpc) is 2.44. The second kappa shape index (κ2) is 6.80. The van der Waals surface area contributed by atoms with Gasteiger partial charge in [0.1, 0.15) is 12.4 Å². The van der Waals surface area contributed by atoms with E-state index in [-0.39, 0.29) is 0 Å². The molecule has 0 radical (unpaired) electrons. The third-order valence-electron chi connectivity index (χ3n) is 3.40. The molecule has 0 saturated carbocycles. The van der Waals surface area contributed by atoms with Crippen LogP contribution in [0.15, 0.2) is 40.9 Å². The maximum atomic E-state index is 5.92. The molecule has 2 nitrogen and oxygen atoms in total. The highest BCUT2D eigenvalue weighted by atomic mass is 79.9. The van der Waals surface area contributed by atoms with Gasteiger partial charge in [0.25, 0.3) is 0 Å². The number of hydrogen-bond donors (Lipinski definition) is 1. The molecule has 20 heavy (non-hydrogen) atoms. The zero-order chi connectivity index (χ0) is 14.5. The first-order chi connectivity index (χ1) is 9.58. The van der Waals surface area contributed by atoms with Gasteiger partial charge in [0, 0.05) is 16.7 Å². The van der Waals surface area contributed by atoms with Gasteiger partial charge in [-0.1, -0.05) is 28.1 Å². The van der Waals surface area contributed by atoms with E-state index in [2.05, 4.69) is 54.2 Å². The first-order valence-electron chi connectivity index (χ1n) is 6.77. The molecule has 0 unspecified atom stereocenters. The van der Waals surface area contributed by atoms with Crippen LogP contribution < -0.4 is 10.1 Å². The lowest BCUT2D eigenvalue weighted by Gasteiger charge is -2.14. The molecule has 0 aromatic heterocycles. The number of aryl methyl sites for hydroxylation is 2. The van der Waals surface area contributed by atoms with Crippen molar-refractivity contribution in [2.45, 2.75) is 20.8 Å². The number of halogens is 1. The number of rotatable bonds is 5. The molecule has 0 heterocycles. The van der Waals surface area contributed by atoms with E-state index in [4.69, 9.17) is 4.74 Å². The van der Waals surface area contributed by atoms with Crippen molar-refractivity contribution >= 4 is 21.6 Å². The molecule has 2 aromatic rings. The van der Waals surface area contributed by atoms with Gasteiger partial charge in [-0.3, -0.25) is 0 Å². The third kappa shape index (κ3) is 3.76. The van der Waals surface area contributed by atoms with Gasteiger partial charge in [0.15, 0.2) is 0 Å². The van der Waals surface area contributed by atoms with Crippen molar-refractivity contribution in [2.24, 2.45) is 0 Å². The summed E-state index contributed by atoms with van der Waals surface area (Å²) >= 11 is 3.43. The van der Waals surface area contributed by atoms with E-state index < -0.39 is 0 Å². The molecule has 0 bridgehead atoms. The second-order valence-corrected chi connectivity index (χ2v) is 5.85. The Hall–Kier alpha value is -1.48. The van der Waals surface area contributed by atoms with Gasteiger partial charge >= 0.3 is 0 Å². The summed E-state index contributed by atoms with van der Waals surface area (Å²) in [7, 11) is 0. The number of ether oxygens (including phenoxy) is 1. The van der Waals surface area contributed by atoms with Crippen molar-refractivity contribution in [3.8, 4) is 5.75 Å². The Morgan fingerprint density at radius 2 is 1.60 bits per heavy atom. The maximum absolute atomic E-state index is 5.92. The van der Waals surface area contributed by atoms with Crippen molar-refractivity contribution in [3.63, 3.8) is 0 Å². The standard InChI is InChI=1S/C17H20BrNO/c1-12-4-5-13(2)17(14(12)3)20-11-10-19-16-8-6-15(18)7-9-16/h4-9,19H,10-11H2,1-3H3. The van der Waals surface area contributed by atoms with Crippen LogP contribution in [-0.2, 0) is 0 Å². The lowest BCUT2D eigenvalue weighted by molar-refractivity contribution is 0.328. The lowest BCUT2D eigenvalue weighted by Crippen LogP contribution is -2.12. The van der Waals surface area contributed by atoms with Gasteiger partial charge in [-0.15, -0.1) is 0 Å². The number of hydrogen-bond acceptors (Lipinski definition) is 2. The Morgan fingerprint density at radius 3 is 2.30 bits per heavy atom. The molecule has 106 valence electrons. The summed E-state index contributed by atoms with van der Waals surface area (Å²) in [4.78, 5) is 0. The summed E-state index contributed by atoms with van der Waals surface area (Å²) in [6.07, 6.45) is 0. The van der Waals surface area contributed by atoms with Crippen LogP contribution in [-0.4, -0.2) is 13.2 Å². The average molecular weight is 334 g/mol. The predicted octanol–water partition coefficient (Wildman–Crippen LogP) is 4.87. The van der Waals surface area contributed by atoms with Gasteiger partial charge in [-0.25, -0.2) is 0 Å². The van der Waals surface area contributed by atoms with E-state index in [1.807, 2.05) is 24.3 Å². The first kappa shape index (κ1) is 14.9. The highest BCUT2D eigenvalue weighted by molar-refractivity contribution is 9.10. The molecule has 0 aliphatic heterocycles.